The van der Waals surface area contributed by atoms with Gasteiger partial charge in [-0.1, -0.05) is 6.07 Å². The fourth-order valence-corrected chi connectivity index (χ4v) is 2.22. The number of rotatable bonds is 5. The Balaban J connectivity index is 2.00. The van der Waals surface area contributed by atoms with Crippen LogP contribution < -0.4 is 16.2 Å². The van der Waals surface area contributed by atoms with Gasteiger partial charge in [-0.2, -0.15) is 41.3 Å². The summed E-state index contributed by atoms with van der Waals surface area (Å²) in [6.07, 6.45) is -8.40. The molecule has 0 saturated heterocycles. The summed E-state index contributed by atoms with van der Waals surface area (Å²) in [5, 5.41) is 2.55. The molecular weight excluding hydrogens is 418 g/mol. The normalized spacial score (nSPS) is 12.0. The van der Waals surface area contributed by atoms with Gasteiger partial charge in [0.25, 0.3) is 0 Å². The van der Waals surface area contributed by atoms with Crippen LogP contribution in [0.3, 0.4) is 0 Å². The van der Waals surface area contributed by atoms with Crippen LogP contribution >= 0.6 is 0 Å². The van der Waals surface area contributed by atoms with Gasteiger partial charge < -0.3 is 5.32 Å². The Bertz CT molecular complexity index is 1040. The topological polar surface area (TPSA) is 101 Å². The SMILES string of the molecule is CNNc1nc(Nc2ccnc(C(F)(F)F)c2)nc(-c2cccc(C(F)(F)F)n2)n1. The van der Waals surface area contributed by atoms with E-state index in [2.05, 4.69) is 41.1 Å². The molecule has 3 rings (SSSR count). The summed E-state index contributed by atoms with van der Waals surface area (Å²) in [6.45, 7) is 0. The van der Waals surface area contributed by atoms with Gasteiger partial charge in [0.15, 0.2) is 5.82 Å². The van der Waals surface area contributed by atoms with Crippen molar-refractivity contribution in [3.8, 4) is 11.5 Å². The number of aromatic nitrogens is 5. The van der Waals surface area contributed by atoms with Crippen LogP contribution in [0.25, 0.3) is 11.5 Å². The van der Waals surface area contributed by atoms with E-state index >= 15 is 0 Å². The lowest BCUT2D eigenvalue weighted by Gasteiger charge is -2.12. The van der Waals surface area contributed by atoms with E-state index in [1.54, 1.807) is 0 Å². The average molecular weight is 430 g/mol. The largest absolute Gasteiger partial charge is 0.433 e. The van der Waals surface area contributed by atoms with Crippen molar-refractivity contribution in [2.45, 2.75) is 12.4 Å². The number of halogens is 6. The highest BCUT2D eigenvalue weighted by Crippen LogP contribution is 2.30. The Morgan fingerprint density at radius 1 is 0.800 bits per heavy atom. The zero-order valence-electron chi connectivity index (χ0n) is 15.0. The van der Waals surface area contributed by atoms with E-state index in [0.717, 1.165) is 24.4 Å². The summed E-state index contributed by atoms with van der Waals surface area (Å²) in [5.74, 6) is -0.563. The molecule has 0 bridgehead atoms. The molecule has 14 heteroatoms. The van der Waals surface area contributed by atoms with Gasteiger partial charge in [-0.3, -0.25) is 10.4 Å². The zero-order chi connectivity index (χ0) is 21.9. The van der Waals surface area contributed by atoms with E-state index < -0.39 is 23.7 Å². The van der Waals surface area contributed by atoms with Crippen molar-refractivity contribution < 1.29 is 26.3 Å². The Labute approximate surface area is 164 Å². The summed E-state index contributed by atoms with van der Waals surface area (Å²) in [6, 6.07) is 5.15. The molecule has 0 aliphatic carbocycles. The Morgan fingerprint density at radius 2 is 1.50 bits per heavy atom. The Hall–Kier alpha value is -3.55. The number of hydrogen-bond donors (Lipinski definition) is 3. The number of pyridine rings is 2. The molecular formula is C16H12F6N8. The standard InChI is InChI=1S/C16H12F6N8/c1-23-30-14-28-12(9-3-2-4-10(26-9)15(17,18)19)27-13(29-14)25-8-5-6-24-11(7-8)16(20,21)22/h2-7,23H,1H3,(H2,24,25,27,28,29,30). The van der Waals surface area contributed by atoms with Gasteiger partial charge in [0.2, 0.25) is 11.9 Å². The van der Waals surface area contributed by atoms with Crippen molar-refractivity contribution in [1.82, 2.24) is 30.3 Å². The van der Waals surface area contributed by atoms with Crippen LogP contribution in [0, 0.1) is 0 Å². The molecule has 0 atom stereocenters. The van der Waals surface area contributed by atoms with E-state index in [1.807, 2.05) is 0 Å². The fourth-order valence-electron chi connectivity index (χ4n) is 2.22. The van der Waals surface area contributed by atoms with Crippen LogP contribution in [0.15, 0.2) is 36.5 Å². The van der Waals surface area contributed by atoms with Crippen LogP contribution in [0.2, 0.25) is 0 Å². The lowest BCUT2D eigenvalue weighted by molar-refractivity contribution is -0.141. The fraction of sp³-hybridized carbons (Fsp3) is 0.188. The van der Waals surface area contributed by atoms with Gasteiger partial charge in [-0.05, 0) is 24.3 Å². The van der Waals surface area contributed by atoms with E-state index in [4.69, 9.17) is 0 Å². The minimum atomic E-state index is -4.68. The van der Waals surface area contributed by atoms with Crippen molar-refractivity contribution >= 4 is 17.6 Å². The minimum absolute atomic E-state index is 0.0399. The van der Waals surface area contributed by atoms with Gasteiger partial charge >= 0.3 is 12.4 Å². The number of nitrogens with zero attached hydrogens (tertiary/aromatic N) is 5. The Morgan fingerprint density at radius 3 is 2.17 bits per heavy atom. The lowest BCUT2D eigenvalue weighted by atomic mass is 10.3. The number of hydrazine groups is 1. The van der Waals surface area contributed by atoms with Crippen molar-refractivity contribution in [1.29, 1.82) is 0 Å². The van der Waals surface area contributed by atoms with Crippen LogP contribution in [-0.4, -0.2) is 32.0 Å². The van der Waals surface area contributed by atoms with E-state index in [1.165, 1.54) is 19.2 Å². The second kappa shape index (κ2) is 8.06. The first-order valence-electron chi connectivity index (χ1n) is 8.10. The van der Waals surface area contributed by atoms with Crippen LogP contribution in [0.1, 0.15) is 11.4 Å². The molecule has 0 spiro atoms. The van der Waals surface area contributed by atoms with Crippen molar-refractivity contribution in [3.05, 3.63) is 47.9 Å². The zero-order valence-corrected chi connectivity index (χ0v) is 15.0. The second-order valence-electron chi connectivity index (χ2n) is 5.64. The molecule has 3 heterocycles. The molecule has 0 aliphatic heterocycles. The second-order valence-corrected chi connectivity index (χ2v) is 5.64. The van der Waals surface area contributed by atoms with E-state index in [-0.39, 0.29) is 29.1 Å². The molecule has 0 fully saturated rings. The third-order valence-electron chi connectivity index (χ3n) is 3.45. The smallest absolute Gasteiger partial charge is 0.324 e. The van der Waals surface area contributed by atoms with E-state index in [0.29, 0.717) is 0 Å². The quantitative estimate of drug-likeness (QED) is 0.417. The van der Waals surface area contributed by atoms with Gasteiger partial charge in [0.1, 0.15) is 17.1 Å². The first-order valence-corrected chi connectivity index (χ1v) is 8.10. The number of nitrogens with one attached hydrogen (secondary N) is 3. The molecule has 0 aromatic carbocycles. The number of alkyl halides is 6. The molecule has 8 nitrogen and oxygen atoms in total. The predicted octanol–water partition coefficient (Wildman–Crippen LogP) is 3.66. The Kier molecular flexibility index (Phi) is 5.69. The highest BCUT2D eigenvalue weighted by atomic mass is 19.4. The third-order valence-corrected chi connectivity index (χ3v) is 3.45. The average Bonchev–Trinajstić information content (AvgIpc) is 2.67. The third kappa shape index (κ3) is 5.08. The molecule has 0 aliphatic rings. The van der Waals surface area contributed by atoms with Crippen molar-refractivity contribution in [2.75, 3.05) is 17.8 Å². The summed E-state index contributed by atoms with van der Waals surface area (Å²) < 4.78 is 77.3. The number of hydrogen-bond acceptors (Lipinski definition) is 8. The molecule has 3 aromatic rings. The monoisotopic (exact) mass is 430 g/mol. The van der Waals surface area contributed by atoms with Crippen molar-refractivity contribution in [3.63, 3.8) is 0 Å². The summed E-state index contributed by atoms with van der Waals surface area (Å²) in [7, 11) is 1.48. The lowest BCUT2D eigenvalue weighted by Crippen LogP contribution is -2.19. The maximum Gasteiger partial charge on any atom is 0.433 e. The molecule has 0 saturated carbocycles. The van der Waals surface area contributed by atoms with Crippen LogP contribution in [0.4, 0.5) is 43.9 Å². The van der Waals surface area contributed by atoms with Gasteiger partial charge in [-0.15, -0.1) is 0 Å². The first-order chi connectivity index (χ1) is 14.1. The molecule has 3 N–H and O–H groups in total. The molecule has 158 valence electrons. The van der Waals surface area contributed by atoms with Gasteiger partial charge in [0.05, 0.1) is 0 Å². The van der Waals surface area contributed by atoms with Crippen LogP contribution in [0.5, 0.6) is 0 Å². The maximum atomic E-state index is 12.9. The predicted molar refractivity (Wildman–Crippen MR) is 93.3 cm³/mol. The molecule has 0 unspecified atom stereocenters. The maximum absolute atomic E-state index is 12.9. The van der Waals surface area contributed by atoms with E-state index in [9.17, 15) is 26.3 Å². The summed E-state index contributed by atoms with van der Waals surface area (Å²) >= 11 is 0. The van der Waals surface area contributed by atoms with Gasteiger partial charge in [0, 0.05) is 18.9 Å². The van der Waals surface area contributed by atoms with Gasteiger partial charge in [-0.25, -0.2) is 10.4 Å². The summed E-state index contributed by atoms with van der Waals surface area (Å²) in [4.78, 5) is 18.6. The molecule has 30 heavy (non-hydrogen) atoms. The summed E-state index contributed by atoms with van der Waals surface area (Å²) in [5.41, 5.74) is 2.52. The first kappa shape index (κ1) is 21.2. The van der Waals surface area contributed by atoms with Crippen LogP contribution in [-0.2, 0) is 12.4 Å². The molecule has 0 amide bonds. The minimum Gasteiger partial charge on any atom is -0.324 e. The van der Waals surface area contributed by atoms with Crippen molar-refractivity contribution in [2.24, 2.45) is 0 Å². The highest BCUT2D eigenvalue weighted by Gasteiger charge is 2.33. The molecule has 3 aromatic heterocycles. The highest BCUT2D eigenvalue weighted by molar-refractivity contribution is 5.59. The number of anilines is 3. The molecule has 0 radical (unpaired) electrons.